The van der Waals surface area contributed by atoms with Gasteiger partial charge in [-0.1, -0.05) is 36.4 Å². The molecule has 0 aliphatic carbocycles. The number of aryl methyl sites for hydroxylation is 4. The quantitative estimate of drug-likeness (QED) is 0.456. The predicted octanol–water partition coefficient (Wildman–Crippen LogP) is 6.04. The summed E-state index contributed by atoms with van der Waals surface area (Å²) in [5, 5.41) is 0. The van der Waals surface area contributed by atoms with E-state index in [0.29, 0.717) is 0 Å². The molecule has 0 heterocycles. The van der Waals surface area contributed by atoms with Crippen molar-refractivity contribution in [1.29, 1.82) is 0 Å². The lowest BCUT2D eigenvalue weighted by Gasteiger charge is -2.07. The molecule has 146 valence electrons. The molecule has 0 aliphatic rings. The Kier molecular flexibility index (Phi) is 6.90. The van der Waals surface area contributed by atoms with Gasteiger partial charge in [-0.15, -0.1) is 0 Å². The fraction of sp³-hybridized carbons (Fsp3) is 0.308. The summed E-state index contributed by atoms with van der Waals surface area (Å²) in [6, 6.07) is 8.22. The van der Waals surface area contributed by atoms with Gasteiger partial charge in [0.1, 0.15) is 0 Å². The van der Waals surface area contributed by atoms with Crippen LogP contribution in [0.3, 0.4) is 0 Å². The Morgan fingerprint density at radius 3 is 1.21 bits per heavy atom. The molecule has 0 fully saturated rings. The highest BCUT2D eigenvalue weighted by molar-refractivity contribution is 6.13. The number of hydrogen-bond donors (Lipinski definition) is 0. The molecule has 0 aliphatic heterocycles. The second kappa shape index (κ2) is 8.97. The average molecular weight is 375 g/mol. The Balaban J connectivity index is 2.09. The van der Waals surface area contributed by atoms with Crippen LogP contribution in [-0.4, -0.2) is 11.6 Å². The minimum atomic E-state index is -0.687. The monoisotopic (exact) mass is 374 g/mol. The molecular weight excluding hydrogens is 344 g/mol. The number of carbonyl (C=O) groups is 2. The van der Waals surface area contributed by atoms with E-state index in [4.69, 9.17) is 0 Å². The van der Waals surface area contributed by atoms with E-state index < -0.39 is 5.92 Å². The van der Waals surface area contributed by atoms with Crippen molar-refractivity contribution in [2.75, 3.05) is 0 Å². The van der Waals surface area contributed by atoms with E-state index >= 15 is 0 Å². The first kappa shape index (κ1) is 21.6. The zero-order chi connectivity index (χ0) is 21.0. The lowest BCUT2D eigenvalue weighted by Crippen LogP contribution is -2.17. The summed E-state index contributed by atoms with van der Waals surface area (Å²) in [6.07, 6.45) is 6.62. The van der Waals surface area contributed by atoms with E-state index in [9.17, 15) is 9.59 Å². The molecule has 0 aromatic heterocycles. The Morgan fingerprint density at radius 1 is 0.643 bits per heavy atom. The lowest BCUT2D eigenvalue weighted by molar-refractivity contribution is -0.126. The van der Waals surface area contributed by atoms with Crippen molar-refractivity contribution >= 4 is 23.7 Å². The van der Waals surface area contributed by atoms with Crippen LogP contribution in [0.15, 0.2) is 36.4 Å². The third-order valence-corrected chi connectivity index (χ3v) is 5.63. The number of rotatable bonds is 6. The van der Waals surface area contributed by atoms with E-state index in [1.807, 2.05) is 0 Å². The third-order valence-electron chi connectivity index (χ3n) is 5.63. The van der Waals surface area contributed by atoms with Crippen LogP contribution in [0, 0.1) is 47.5 Å². The summed E-state index contributed by atoms with van der Waals surface area (Å²) in [5.74, 6) is -1.05. The van der Waals surface area contributed by atoms with Crippen molar-refractivity contribution in [2.45, 2.75) is 48.5 Å². The summed E-state index contributed by atoms with van der Waals surface area (Å²) in [6.45, 7) is 14.1. The molecule has 0 bridgehead atoms. The zero-order valence-electron chi connectivity index (χ0n) is 18.0. The highest BCUT2D eigenvalue weighted by atomic mass is 16.1. The van der Waals surface area contributed by atoms with Gasteiger partial charge < -0.3 is 0 Å². The molecule has 2 heteroatoms. The normalized spacial score (nSPS) is 11.7. The Bertz CT molecular complexity index is 848. The summed E-state index contributed by atoms with van der Waals surface area (Å²) in [7, 11) is 0. The zero-order valence-corrected chi connectivity index (χ0v) is 18.0. The molecule has 2 rings (SSSR count). The predicted molar refractivity (Wildman–Crippen MR) is 119 cm³/mol. The van der Waals surface area contributed by atoms with Gasteiger partial charge in [0.15, 0.2) is 11.6 Å². The summed E-state index contributed by atoms with van der Waals surface area (Å²) >= 11 is 0. The van der Waals surface area contributed by atoms with Gasteiger partial charge in [-0.2, -0.15) is 0 Å². The van der Waals surface area contributed by atoms with Crippen LogP contribution in [0.4, 0.5) is 0 Å². The molecule has 28 heavy (non-hydrogen) atoms. The molecule has 0 saturated heterocycles. The molecule has 2 aromatic rings. The van der Waals surface area contributed by atoms with Gasteiger partial charge >= 0.3 is 0 Å². The van der Waals surface area contributed by atoms with E-state index in [1.54, 1.807) is 19.1 Å². The standard InChI is InChI=1S/C26H30O2/c1-16-12-23(13-17(2)20(16)5)8-10-25(27)22(7)26(28)11-9-24-14-18(3)21(6)19(4)15-24/h8-15,22H,1-7H3/b10-8+,11-9+. The first-order valence-electron chi connectivity index (χ1n) is 9.69. The second-order valence-corrected chi connectivity index (χ2v) is 7.75. The van der Waals surface area contributed by atoms with Gasteiger partial charge in [-0.3, -0.25) is 9.59 Å². The number of benzene rings is 2. The minimum Gasteiger partial charge on any atom is -0.294 e. The summed E-state index contributed by atoms with van der Waals surface area (Å²) < 4.78 is 0. The summed E-state index contributed by atoms with van der Waals surface area (Å²) in [4.78, 5) is 24.8. The minimum absolute atomic E-state index is 0.179. The van der Waals surface area contributed by atoms with Crippen LogP contribution in [0.5, 0.6) is 0 Å². The topological polar surface area (TPSA) is 34.1 Å². The number of allylic oxidation sites excluding steroid dienone is 2. The lowest BCUT2D eigenvalue weighted by atomic mass is 9.96. The molecular formula is C26H30O2. The molecule has 0 unspecified atom stereocenters. The molecule has 0 amide bonds. The number of hydrogen-bond acceptors (Lipinski definition) is 2. The summed E-state index contributed by atoms with van der Waals surface area (Å²) in [5.41, 5.74) is 9.28. The van der Waals surface area contributed by atoms with Crippen molar-refractivity contribution in [1.82, 2.24) is 0 Å². The SMILES string of the molecule is Cc1cc(/C=C/C(=O)C(C)C(=O)/C=C/c2cc(C)c(C)c(C)c2)cc(C)c1C. The maximum Gasteiger partial charge on any atom is 0.166 e. The maximum atomic E-state index is 12.4. The molecule has 2 aromatic carbocycles. The van der Waals surface area contributed by atoms with Crippen molar-refractivity contribution in [3.8, 4) is 0 Å². The van der Waals surface area contributed by atoms with E-state index in [1.165, 1.54) is 45.5 Å². The second-order valence-electron chi connectivity index (χ2n) is 7.75. The van der Waals surface area contributed by atoms with Gasteiger partial charge in [-0.25, -0.2) is 0 Å². The Labute approximate surface area is 169 Å². The van der Waals surface area contributed by atoms with Crippen LogP contribution >= 0.6 is 0 Å². The van der Waals surface area contributed by atoms with Crippen molar-refractivity contribution in [2.24, 2.45) is 5.92 Å². The van der Waals surface area contributed by atoms with Gasteiger partial charge in [-0.05, 0) is 105 Å². The molecule has 0 saturated carbocycles. The molecule has 0 spiro atoms. The smallest absolute Gasteiger partial charge is 0.166 e. The first-order chi connectivity index (χ1) is 13.1. The van der Waals surface area contributed by atoms with Crippen LogP contribution in [0.2, 0.25) is 0 Å². The van der Waals surface area contributed by atoms with E-state index in [-0.39, 0.29) is 11.6 Å². The van der Waals surface area contributed by atoms with Gasteiger partial charge in [0.05, 0.1) is 5.92 Å². The van der Waals surface area contributed by atoms with Crippen molar-refractivity contribution < 1.29 is 9.59 Å². The van der Waals surface area contributed by atoms with Crippen molar-refractivity contribution in [3.63, 3.8) is 0 Å². The van der Waals surface area contributed by atoms with Gasteiger partial charge in [0.2, 0.25) is 0 Å². The molecule has 0 radical (unpaired) electrons. The molecule has 0 atom stereocenters. The number of ketones is 2. The fourth-order valence-electron chi connectivity index (χ4n) is 3.12. The Hall–Kier alpha value is -2.74. The first-order valence-corrected chi connectivity index (χ1v) is 9.69. The van der Waals surface area contributed by atoms with Gasteiger partial charge in [0.25, 0.3) is 0 Å². The van der Waals surface area contributed by atoms with Crippen molar-refractivity contribution in [3.05, 3.63) is 80.9 Å². The molecule has 2 nitrogen and oxygen atoms in total. The average Bonchev–Trinajstić information content (AvgIpc) is 2.65. The van der Waals surface area contributed by atoms with E-state index in [2.05, 4.69) is 65.8 Å². The fourth-order valence-corrected chi connectivity index (χ4v) is 3.12. The maximum absolute atomic E-state index is 12.4. The largest absolute Gasteiger partial charge is 0.294 e. The highest BCUT2D eigenvalue weighted by Crippen LogP contribution is 2.18. The number of carbonyl (C=O) groups excluding carboxylic acids is 2. The van der Waals surface area contributed by atoms with Crippen LogP contribution in [-0.2, 0) is 9.59 Å². The van der Waals surface area contributed by atoms with Crippen LogP contribution in [0.25, 0.3) is 12.2 Å². The van der Waals surface area contributed by atoms with Crippen LogP contribution < -0.4 is 0 Å². The third kappa shape index (κ3) is 5.16. The van der Waals surface area contributed by atoms with E-state index in [0.717, 1.165) is 11.1 Å². The molecule has 0 N–H and O–H groups in total. The Morgan fingerprint density at radius 2 is 0.929 bits per heavy atom. The highest BCUT2D eigenvalue weighted by Gasteiger charge is 2.16. The van der Waals surface area contributed by atoms with Crippen LogP contribution in [0.1, 0.15) is 51.4 Å². The van der Waals surface area contributed by atoms with Gasteiger partial charge in [0, 0.05) is 0 Å².